The van der Waals surface area contributed by atoms with E-state index in [1.165, 1.54) is 0 Å². The fourth-order valence-corrected chi connectivity index (χ4v) is 0.215. The van der Waals surface area contributed by atoms with Crippen molar-refractivity contribution in [3.8, 4) is 0 Å². The molecule has 0 aromatic carbocycles. The number of aromatic amines is 1. The van der Waals surface area contributed by atoms with Gasteiger partial charge in [0.25, 0.3) is 0 Å². The Labute approximate surface area is 55.7 Å². The van der Waals surface area contributed by atoms with E-state index in [0.717, 1.165) is 0 Å². The van der Waals surface area contributed by atoms with Crippen LogP contribution in [-0.4, -0.2) is 36.2 Å². The van der Waals surface area contributed by atoms with Gasteiger partial charge in [-0.2, -0.15) is 5.10 Å². The van der Waals surface area contributed by atoms with Gasteiger partial charge in [-0.3, -0.25) is 5.10 Å². The number of nitrogens with one attached hydrogen (secondary N) is 1. The van der Waals surface area contributed by atoms with E-state index in [-0.39, 0.29) is 0 Å². The first kappa shape index (κ1) is 8.17. The first-order valence-electron chi connectivity index (χ1n) is 2.78. The van der Waals surface area contributed by atoms with Gasteiger partial charge in [-0.25, -0.2) is 0 Å². The SMILES string of the molecule is CN(C)C.c1cn[nH]c1. The van der Waals surface area contributed by atoms with Gasteiger partial charge in [-0.05, 0) is 27.2 Å². The second-order valence-corrected chi connectivity index (χ2v) is 2.11. The van der Waals surface area contributed by atoms with Crippen LogP contribution in [0.3, 0.4) is 0 Å². The summed E-state index contributed by atoms with van der Waals surface area (Å²) < 4.78 is 0. The Hall–Kier alpha value is -0.830. The minimum Gasteiger partial charge on any atom is -0.312 e. The summed E-state index contributed by atoms with van der Waals surface area (Å²) in [5.41, 5.74) is 0. The number of aromatic nitrogens is 2. The van der Waals surface area contributed by atoms with Crippen molar-refractivity contribution in [3.05, 3.63) is 18.5 Å². The molecular weight excluding hydrogens is 114 g/mol. The average molecular weight is 127 g/mol. The maximum atomic E-state index is 3.60. The van der Waals surface area contributed by atoms with E-state index in [9.17, 15) is 0 Å². The highest BCUT2D eigenvalue weighted by Gasteiger charge is 1.58. The Morgan fingerprint density at radius 1 is 1.33 bits per heavy atom. The monoisotopic (exact) mass is 127 g/mol. The molecule has 0 fully saturated rings. The van der Waals surface area contributed by atoms with E-state index in [0.29, 0.717) is 0 Å². The van der Waals surface area contributed by atoms with Crippen LogP contribution in [0, 0.1) is 0 Å². The molecule has 1 heterocycles. The highest BCUT2D eigenvalue weighted by Crippen LogP contribution is 1.64. The fourth-order valence-electron chi connectivity index (χ4n) is 0.215. The molecule has 52 valence electrons. The van der Waals surface area contributed by atoms with Crippen molar-refractivity contribution in [2.45, 2.75) is 0 Å². The first-order valence-corrected chi connectivity index (χ1v) is 2.78. The zero-order valence-electron chi connectivity index (χ0n) is 6.13. The van der Waals surface area contributed by atoms with Gasteiger partial charge < -0.3 is 4.90 Å². The van der Waals surface area contributed by atoms with E-state index < -0.39 is 0 Å². The quantitative estimate of drug-likeness (QED) is 0.553. The molecule has 3 heteroatoms. The summed E-state index contributed by atoms with van der Waals surface area (Å²) in [7, 11) is 6.00. The maximum Gasteiger partial charge on any atom is 0.0487 e. The lowest BCUT2D eigenvalue weighted by molar-refractivity contribution is 0.505. The molecular formula is C6H13N3. The number of H-pyrrole nitrogens is 1. The van der Waals surface area contributed by atoms with Crippen LogP contribution in [0.4, 0.5) is 0 Å². The topological polar surface area (TPSA) is 31.9 Å². The Morgan fingerprint density at radius 2 is 1.89 bits per heavy atom. The zero-order chi connectivity index (χ0) is 7.11. The highest BCUT2D eigenvalue weighted by atomic mass is 15.1. The minimum atomic E-state index is 1.69. The number of rotatable bonds is 0. The van der Waals surface area contributed by atoms with Crippen molar-refractivity contribution in [1.29, 1.82) is 0 Å². The Kier molecular flexibility index (Phi) is 4.82. The zero-order valence-corrected chi connectivity index (χ0v) is 6.13. The fraction of sp³-hybridized carbons (Fsp3) is 0.500. The molecule has 0 bridgehead atoms. The van der Waals surface area contributed by atoms with Crippen LogP contribution < -0.4 is 0 Å². The van der Waals surface area contributed by atoms with Crippen LogP contribution >= 0.6 is 0 Å². The van der Waals surface area contributed by atoms with Crippen LogP contribution in [0.1, 0.15) is 0 Å². The van der Waals surface area contributed by atoms with Gasteiger partial charge in [0.1, 0.15) is 0 Å². The standard InChI is InChI=1S/C3H4N2.C3H9N/c1-2-4-5-3-1;1-4(2)3/h1-3H,(H,4,5);1-3H3. The lowest BCUT2D eigenvalue weighted by atomic mass is 10.8. The Balaban J connectivity index is 0.000000148. The molecule has 0 saturated heterocycles. The van der Waals surface area contributed by atoms with Crippen LogP contribution in [-0.2, 0) is 0 Å². The van der Waals surface area contributed by atoms with Crippen LogP contribution in [0.5, 0.6) is 0 Å². The third-order valence-electron chi connectivity index (χ3n) is 0.406. The normalized spacial score (nSPS) is 8.44. The van der Waals surface area contributed by atoms with Crippen molar-refractivity contribution in [2.24, 2.45) is 0 Å². The summed E-state index contributed by atoms with van der Waals surface area (Å²) in [4.78, 5) is 2.00. The second kappa shape index (κ2) is 5.31. The molecule has 0 unspecified atom stereocenters. The van der Waals surface area contributed by atoms with Crippen molar-refractivity contribution >= 4 is 0 Å². The van der Waals surface area contributed by atoms with Gasteiger partial charge in [0.05, 0.1) is 0 Å². The first-order chi connectivity index (χ1) is 4.23. The van der Waals surface area contributed by atoms with Gasteiger partial charge in [0, 0.05) is 12.4 Å². The predicted octanol–water partition coefficient (Wildman–Crippen LogP) is 0.587. The van der Waals surface area contributed by atoms with Crippen molar-refractivity contribution < 1.29 is 0 Å². The molecule has 9 heavy (non-hydrogen) atoms. The third-order valence-corrected chi connectivity index (χ3v) is 0.406. The molecule has 0 atom stereocenters. The van der Waals surface area contributed by atoms with Gasteiger partial charge in [-0.15, -0.1) is 0 Å². The molecule has 0 spiro atoms. The van der Waals surface area contributed by atoms with Crippen LogP contribution in [0.2, 0.25) is 0 Å². The van der Waals surface area contributed by atoms with E-state index in [4.69, 9.17) is 0 Å². The third kappa shape index (κ3) is 11.0. The van der Waals surface area contributed by atoms with Gasteiger partial charge in [-0.1, -0.05) is 0 Å². The summed E-state index contributed by atoms with van der Waals surface area (Å²) in [6, 6.07) is 1.83. The smallest absolute Gasteiger partial charge is 0.0487 e. The molecule has 0 radical (unpaired) electrons. The molecule has 1 rings (SSSR count). The predicted molar refractivity (Wildman–Crippen MR) is 38.2 cm³/mol. The lowest BCUT2D eigenvalue weighted by Gasteiger charge is -1.90. The second-order valence-electron chi connectivity index (χ2n) is 2.11. The molecule has 3 nitrogen and oxygen atoms in total. The summed E-state index contributed by atoms with van der Waals surface area (Å²) >= 11 is 0. The summed E-state index contributed by atoms with van der Waals surface area (Å²) in [6.07, 6.45) is 3.46. The van der Waals surface area contributed by atoms with E-state index >= 15 is 0 Å². The molecule has 1 aromatic heterocycles. The Morgan fingerprint density at radius 3 is 2.00 bits per heavy atom. The number of hydrogen-bond donors (Lipinski definition) is 1. The average Bonchev–Trinajstić information content (AvgIpc) is 2.11. The molecule has 0 aliphatic heterocycles. The van der Waals surface area contributed by atoms with Gasteiger partial charge >= 0.3 is 0 Å². The molecule has 0 aliphatic carbocycles. The molecule has 1 aromatic rings. The van der Waals surface area contributed by atoms with Gasteiger partial charge in [0.2, 0.25) is 0 Å². The van der Waals surface area contributed by atoms with E-state index in [2.05, 4.69) is 10.2 Å². The van der Waals surface area contributed by atoms with Crippen molar-refractivity contribution in [2.75, 3.05) is 21.1 Å². The molecule has 0 saturated carbocycles. The maximum absolute atomic E-state index is 3.60. The largest absolute Gasteiger partial charge is 0.312 e. The number of hydrogen-bond acceptors (Lipinski definition) is 2. The lowest BCUT2D eigenvalue weighted by Crippen LogP contribution is -1.99. The molecule has 1 N–H and O–H groups in total. The van der Waals surface area contributed by atoms with Crippen molar-refractivity contribution in [1.82, 2.24) is 15.1 Å². The summed E-state index contributed by atoms with van der Waals surface area (Å²) in [6.45, 7) is 0. The van der Waals surface area contributed by atoms with Crippen molar-refractivity contribution in [3.63, 3.8) is 0 Å². The van der Waals surface area contributed by atoms with Crippen LogP contribution in [0.25, 0.3) is 0 Å². The number of nitrogens with zero attached hydrogens (tertiary/aromatic N) is 2. The van der Waals surface area contributed by atoms with Crippen LogP contribution in [0.15, 0.2) is 18.5 Å². The Bertz CT molecular complexity index is 91.9. The van der Waals surface area contributed by atoms with E-state index in [1.54, 1.807) is 12.4 Å². The minimum absolute atomic E-state index is 1.69. The summed E-state index contributed by atoms with van der Waals surface area (Å²) in [5.74, 6) is 0. The highest BCUT2D eigenvalue weighted by molar-refractivity contribution is 4.72. The molecule has 0 aliphatic rings. The molecule has 0 amide bonds. The summed E-state index contributed by atoms with van der Waals surface area (Å²) in [5, 5.41) is 6.21. The van der Waals surface area contributed by atoms with E-state index in [1.807, 2.05) is 32.1 Å². The van der Waals surface area contributed by atoms with Gasteiger partial charge in [0.15, 0.2) is 0 Å².